The quantitative estimate of drug-likeness (QED) is 0.724. The van der Waals surface area contributed by atoms with Gasteiger partial charge in [-0.15, -0.1) is 0 Å². The summed E-state index contributed by atoms with van der Waals surface area (Å²) in [6.07, 6.45) is 5.80. The molecule has 1 amide bonds. The van der Waals surface area contributed by atoms with Crippen LogP contribution in [0.3, 0.4) is 0 Å². The van der Waals surface area contributed by atoms with Gasteiger partial charge in [0.15, 0.2) is 0 Å². The van der Waals surface area contributed by atoms with Gasteiger partial charge in [-0.25, -0.2) is 8.42 Å². The first-order chi connectivity index (χ1) is 13.3. The Labute approximate surface area is 173 Å². The van der Waals surface area contributed by atoms with Crippen LogP contribution in [0.25, 0.3) is 0 Å². The summed E-state index contributed by atoms with van der Waals surface area (Å²) in [5.74, 6) is 0.134. The number of carbonyl (C=O) groups is 1. The molecule has 1 atom stereocenters. The lowest BCUT2D eigenvalue weighted by Crippen LogP contribution is -2.56. The molecule has 0 unspecified atom stereocenters. The average molecular weight is 428 g/mol. The zero-order chi connectivity index (χ0) is 20.3. The van der Waals surface area contributed by atoms with Gasteiger partial charge in [-0.2, -0.15) is 4.31 Å². The van der Waals surface area contributed by atoms with Crippen LogP contribution in [0, 0.1) is 0 Å². The lowest BCUT2D eigenvalue weighted by atomic mass is 9.94. The van der Waals surface area contributed by atoms with E-state index >= 15 is 0 Å². The highest BCUT2D eigenvalue weighted by Crippen LogP contribution is 2.26. The Morgan fingerprint density at radius 2 is 1.71 bits per heavy atom. The molecule has 8 heteroatoms. The van der Waals surface area contributed by atoms with Gasteiger partial charge in [-0.3, -0.25) is 9.69 Å². The topological polar surface area (TPSA) is 60.9 Å². The van der Waals surface area contributed by atoms with Crippen LogP contribution in [0.2, 0.25) is 5.02 Å². The first-order valence-corrected chi connectivity index (χ1v) is 11.9. The summed E-state index contributed by atoms with van der Waals surface area (Å²) >= 11 is 6.09. The fraction of sp³-hybridized carbons (Fsp3) is 0.650. The SMILES string of the molecule is C[C@H](C(=O)N(C)C1CCCCC1)N1CCN(S(=O)(=O)c2ccccc2Cl)CC1. The fourth-order valence-corrected chi connectivity index (χ4v) is 6.14. The predicted octanol–water partition coefficient (Wildman–Crippen LogP) is 2.83. The number of nitrogens with zero attached hydrogens (tertiary/aromatic N) is 3. The average Bonchev–Trinajstić information content (AvgIpc) is 2.73. The molecule has 1 aliphatic carbocycles. The largest absolute Gasteiger partial charge is 0.341 e. The molecule has 0 bridgehead atoms. The van der Waals surface area contributed by atoms with Gasteiger partial charge in [0.25, 0.3) is 0 Å². The van der Waals surface area contributed by atoms with Crippen LogP contribution in [-0.4, -0.2) is 73.7 Å². The van der Waals surface area contributed by atoms with Gasteiger partial charge < -0.3 is 4.90 Å². The summed E-state index contributed by atoms with van der Waals surface area (Å²) in [5.41, 5.74) is 0. The minimum absolute atomic E-state index is 0.134. The van der Waals surface area contributed by atoms with Crippen molar-refractivity contribution in [3.63, 3.8) is 0 Å². The van der Waals surface area contributed by atoms with Crippen LogP contribution in [0.15, 0.2) is 29.2 Å². The van der Waals surface area contributed by atoms with Gasteiger partial charge in [-0.1, -0.05) is 43.0 Å². The van der Waals surface area contributed by atoms with Crippen molar-refractivity contribution in [2.24, 2.45) is 0 Å². The highest BCUT2D eigenvalue weighted by atomic mass is 35.5. The Bertz CT molecular complexity index is 788. The zero-order valence-electron chi connectivity index (χ0n) is 16.7. The van der Waals surface area contributed by atoms with Gasteiger partial charge >= 0.3 is 0 Å². The molecule has 6 nitrogen and oxygen atoms in total. The van der Waals surface area contributed by atoms with E-state index in [0.717, 1.165) is 12.8 Å². The van der Waals surface area contributed by atoms with Crippen molar-refractivity contribution in [1.82, 2.24) is 14.1 Å². The molecule has 1 saturated heterocycles. The van der Waals surface area contributed by atoms with Crippen LogP contribution < -0.4 is 0 Å². The second-order valence-electron chi connectivity index (χ2n) is 7.79. The fourth-order valence-electron chi connectivity index (χ4n) is 4.22. The van der Waals surface area contributed by atoms with Crippen LogP contribution >= 0.6 is 11.6 Å². The van der Waals surface area contributed by atoms with Gasteiger partial charge in [0.05, 0.1) is 11.1 Å². The third-order valence-corrected chi connectivity index (χ3v) is 8.50. The molecule has 1 aromatic carbocycles. The maximum Gasteiger partial charge on any atom is 0.244 e. The Morgan fingerprint density at radius 1 is 1.11 bits per heavy atom. The predicted molar refractivity (Wildman–Crippen MR) is 111 cm³/mol. The molecule has 0 spiro atoms. The number of rotatable bonds is 5. The summed E-state index contributed by atoms with van der Waals surface area (Å²) in [6, 6.07) is 6.62. The Hall–Kier alpha value is -1.15. The number of likely N-dealkylation sites (N-methyl/N-ethyl adjacent to an activating group) is 1. The molecule has 1 aromatic rings. The normalized spacial score (nSPS) is 21.4. The van der Waals surface area contributed by atoms with E-state index in [1.54, 1.807) is 18.2 Å². The number of piperazine rings is 1. The summed E-state index contributed by atoms with van der Waals surface area (Å²) in [5, 5.41) is 0.239. The van der Waals surface area contributed by atoms with Crippen LogP contribution in [0.5, 0.6) is 0 Å². The number of amides is 1. The number of hydrogen-bond donors (Lipinski definition) is 0. The van der Waals surface area contributed by atoms with Crippen molar-refractivity contribution >= 4 is 27.5 Å². The smallest absolute Gasteiger partial charge is 0.244 e. The molecule has 2 aliphatic rings. The molecule has 0 N–H and O–H groups in total. The molecule has 1 aliphatic heterocycles. The summed E-state index contributed by atoms with van der Waals surface area (Å²) in [4.78, 5) is 17.1. The third kappa shape index (κ3) is 4.53. The van der Waals surface area contributed by atoms with E-state index in [-0.39, 0.29) is 21.9 Å². The van der Waals surface area contributed by atoms with Crippen molar-refractivity contribution in [3.8, 4) is 0 Å². The van der Waals surface area contributed by atoms with Gasteiger partial charge in [-0.05, 0) is 31.9 Å². The molecule has 1 heterocycles. The van der Waals surface area contributed by atoms with E-state index in [9.17, 15) is 13.2 Å². The molecule has 0 radical (unpaired) electrons. The maximum atomic E-state index is 12.9. The monoisotopic (exact) mass is 427 g/mol. The molecule has 28 heavy (non-hydrogen) atoms. The Balaban J connectivity index is 1.60. The highest BCUT2D eigenvalue weighted by Gasteiger charge is 2.34. The minimum atomic E-state index is -3.62. The molecular weight excluding hydrogens is 398 g/mol. The maximum absolute atomic E-state index is 12.9. The van der Waals surface area contributed by atoms with E-state index in [4.69, 9.17) is 11.6 Å². The lowest BCUT2D eigenvalue weighted by molar-refractivity contribution is -0.138. The first-order valence-electron chi connectivity index (χ1n) is 10.1. The van der Waals surface area contributed by atoms with Gasteiger partial charge in [0.2, 0.25) is 15.9 Å². The van der Waals surface area contributed by atoms with E-state index in [1.807, 2.05) is 18.9 Å². The first kappa shape index (κ1) is 21.6. The lowest BCUT2D eigenvalue weighted by Gasteiger charge is -2.40. The van der Waals surface area contributed by atoms with Crippen LogP contribution in [-0.2, 0) is 14.8 Å². The van der Waals surface area contributed by atoms with Gasteiger partial charge in [0.1, 0.15) is 4.90 Å². The third-order valence-electron chi connectivity index (χ3n) is 6.10. The zero-order valence-corrected chi connectivity index (χ0v) is 18.3. The number of benzene rings is 1. The molecule has 3 rings (SSSR count). The van der Waals surface area contributed by atoms with E-state index in [1.165, 1.54) is 29.6 Å². The van der Waals surface area contributed by atoms with E-state index in [2.05, 4.69) is 4.90 Å². The summed E-state index contributed by atoms with van der Waals surface area (Å²) < 4.78 is 27.2. The summed E-state index contributed by atoms with van der Waals surface area (Å²) in [7, 11) is -1.71. The number of hydrogen-bond acceptors (Lipinski definition) is 4. The van der Waals surface area contributed by atoms with Crippen molar-refractivity contribution in [2.75, 3.05) is 33.2 Å². The Morgan fingerprint density at radius 3 is 2.32 bits per heavy atom. The number of halogens is 1. The van der Waals surface area contributed by atoms with E-state index < -0.39 is 10.0 Å². The molecule has 0 aromatic heterocycles. The second-order valence-corrected chi connectivity index (χ2v) is 10.1. The molecule has 156 valence electrons. The van der Waals surface area contributed by atoms with Crippen molar-refractivity contribution in [2.45, 2.75) is 56.0 Å². The number of carbonyl (C=O) groups excluding carboxylic acids is 1. The molecule has 2 fully saturated rings. The second kappa shape index (κ2) is 9.11. The number of sulfonamides is 1. The van der Waals surface area contributed by atoms with Crippen LogP contribution in [0.1, 0.15) is 39.0 Å². The minimum Gasteiger partial charge on any atom is -0.341 e. The van der Waals surface area contributed by atoms with Gasteiger partial charge in [0, 0.05) is 39.3 Å². The van der Waals surface area contributed by atoms with Crippen LogP contribution in [0.4, 0.5) is 0 Å². The van der Waals surface area contributed by atoms with Crippen molar-refractivity contribution < 1.29 is 13.2 Å². The summed E-state index contributed by atoms with van der Waals surface area (Å²) in [6.45, 7) is 3.72. The van der Waals surface area contributed by atoms with Crippen molar-refractivity contribution in [3.05, 3.63) is 29.3 Å². The standard InChI is InChI=1S/C20H30ClN3O3S/c1-16(20(25)22(2)17-8-4-3-5-9-17)23-12-14-24(15-13-23)28(26,27)19-11-7-6-10-18(19)21/h6-7,10-11,16-17H,3-5,8-9,12-15H2,1-2H3/t16-/m1/s1. The highest BCUT2D eigenvalue weighted by molar-refractivity contribution is 7.89. The van der Waals surface area contributed by atoms with Crippen molar-refractivity contribution in [1.29, 1.82) is 0 Å². The Kier molecular flexibility index (Phi) is 7.02. The molecule has 1 saturated carbocycles. The molecular formula is C20H30ClN3O3S. The van der Waals surface area contributed by atoms with E-state index in [0.29, 0.717) is 32.2 Å².